The Morgan fingerprint density at radius 1 is 1.33 bits per heavy atom. The quantitative estimate of drug-likeness (QED) is 0.756. The number of hydrogen-bond acceptors (Lipinski definition) is 4. The molecule has 24 heavy (non-hydrogen) atoms. The van der Waals surface area contributed by atoms with Gasteiger partial charge in [-0.15, -0.1) is 11.3 Å². The third kappa shape index (κ3) is 3.43. The first-order chi connectivity index (χ1) is 11.6. The number of amides is 1. The van der Waals surface area contributed by atoms with E-state index in [0.29, 0.717) is 16.3 Å². The van der Waals surface area contributed by atoms with E-state index in [1.807, 2.05) is 30.3 Å². The van der Waals surface area contributed by atoms with Crippen molar-refractivity contribution < 1.29 is 9.90 Å². The number of benzene rings is 1. The van der Waals surface area contributed by atoms with Crippen LogP contribution in [0.3, 0.4) is 0 Å². The van der Waals surface area contributed by atoms with Gasteiger partial charge in [-0.25, -0.2) is 0 Å². The molecule has 0 aliphatic heterocycles. The van der Waals surface area contributed by atoms with Gasteiger partial charge in [-0.05, 0) is 18.1 Å². The van der Waals surface area contributed by atoms with Crippen LogP contribution < -0.4 is 0 Å². The van der Waals surface area contributed by atoms with Crippen molar-refractivity contribution in [3.8, 4) is 0 Å². The van der Waals surface area contributed by atoms with Crippen LogP contribution in [-0.4, -0.2) is 40.6 Å². The highest BCUT2D eigenvalue weighted by Crippen LogP contribution is 2.31. The van der Waals surface area contributed by atoms with Gasteiger partial charge in [0, 0.05) is 24.8 Å². The van der Waals surface area contributed by atoms with Crippen molar-refractivity contribution in [3.63, 3.8) is 0 Å². The molecule has 124 valence electrons. The van der Waals surface area contributed by atoms with Crippen LogP contribution in [0.25, 0.3) is 10.1 Å². The number of aromatic nitrogens is 1. The lowest BCUT2D eigenvalue weighted by Crippen LogP contribution is -2.40. The minimum Gasteiger partial charge on any atom is -0.394 e. The maximum atomic E-state index is 12.8. The van der Waals surface area contributed by atoms with E-state index in [-0.39, 0.29) is 18.6 Å². The molecule has 0 radical (unpaired) electrons. The number of fused-ring (bicyclic) bond motifs is 1. The van der Waals surface area contributed by atoms with Crippen LogP contribution in [0.15, 0.2) is 48.8 Å². The summed E-state index contributed by atoms with van der Waals surface area (Å²) >= 11 is 7.49. The summed E-state index contributed by atoms with van der Waals surface area (Å²) in [6, 6.07) is 11.3. The molecule has 1 N–H and O–H groups in total. The van der Waals surface area contributed by atoms with E-state index in [4.69, 9.17) is 11.6 Å². The SMILES string of the molecule is CN(C(=O)c1cc2c(Cl)cncc2s1)C(CO)Cc1ccccc1. The normalized spacial score (nSPS) is 12.3. The molecule has 0 aliphatic rings. The van der Waals surface area contributed by atoms with Crippen molar-refractivity contribution in [2.75, 3.05) is 13.7 Å². The van der Waals surface area contributed by atoms with E-state index in [9.17, 15) is 9.90 Å². The molecule has 6 heteroatoms. The number of pyridine rings is 1. The molecule has 0 spiro atoms. The van der Waals surface area contributed by atoms with Crippen LogP contribution in [-0.2, 0) is 6.42 Å². The molecule has 3 rings (SSSR count). The zero-order chi connectivity index (χ0) is 17.1. The van der Waals surface area contributed by atoms with E-state index in [1.165, 1.54) is 11.3 Å². The van der Waals surface area contributed by atoms with Crippen molar-refractivity contribution in [3.05, 3.63) is 64.3 Å². The molecule has 3 aromatic rings. The number of halogens is 1. The molecule has 0 fully saturated rings. The smallest absolute Gasteiger partial charge is 0.264 e. The second-order valence-corrected chi connectivity index (χ2v) is 7.08. The van der Waals surface area contributed by atoms with Crippen molar-refractivity contribution in [1.29, 1.82) is 0 Å². The van der Waals surface area contributed by atoms with Crippen molar-refractivity contribution >= 4 is 38.9 Å². The van der Waals surface area contributed by atoms with Crippen molar-refractivity contribution in [2.45, 2.75) is 12.5 Å². The second-order valence-electron chi connectivity index (χ2n) is 5.59. The monoisotopic (exact) mass is 360 g/mol. The zero-order valence-corrected chi connectivity index (χ0v) is 14.7. The Balaban J connectivity index is 1.82. The molecule has 2 heterocycles. The first kappa shape index (κ1) is 16.9. The summed E-state index contributed by atoms with van der Waals surface area (Å²) in [4.78, 5) is 19.0. The fourth-order valence-corrected chi connectivity index (χ4v) is 3.89. The van der Waals surface area contributed by atoms with E-state index in [0.717, 1.165) is 15.6 Å². The zero-order valence-electron chi connectivity index (χ0n) is 13.1. The predicted molar refractivity (Wildman–Crippen MR) is 97.7 cm³/mol. The summed E-state index contributed by atoms with van der Waals surface area (Å²) in [7, 11) is 1.72. The molecule has 1 aromatic carbocycles. The van der Waals surface area contributed by atoms with Crippen molar-refractivity contribution in [2.24, 2.45) is 0 Å². The lowest BCUT2D eigenvalue weighted by Gasteiger charge is -2.26. The van der Waals surface area contributed by atoms with Gasteiger partial charge >= 0.3 is 0 Å². The van der Waals surface area contributed by atoms with Crippen LogP contribution in [0.2, 0.25) is 5.02 Å². The highest BCUT2D eigenvalue weighted by atomic mass is 35.5. The van der Waals surface area contributed by atoms with Gasteiger partial charge < -0.3 is 10.0 Å². The molecule has 1 amide bonds. The Hall–Kier alpha value is -1.95. The largest absolute Gasteiger partial charge is 0.394 e. The minimum absolute atomic E-state index is 0.0929. The molecule has 1 unspecified atom stereocenters. The summed E-state index contributed by atoms with van der Waals surface area (Å²) < 4.78 is 0.878. The van der Waals surface area contributed by atoms with Gasteiger partial charge in [-0.2, -0.15) is 0 Å². The van der Waals surface area contributed by atoms with Gasteiger partial charge in [-0.3, -0.25) is 9.78 Å². The summed E-state index contributed by atoms with van der Waals surface area (Å²) in [6.07, 6.45) is 3.88. The molecule has 0 saturated heterocycles. The maximum Gasteiger partial charge on any atom is 0.264 e. The van der Waals surface area contributed by atoms with Gasteiger partial charge in [0.05, 0.1) is 27.2 Å². The number of likely N-dealkylation sites (N-methyl/N-ethyl adjacent to an activating group) is 1. The second kappa shape index (κ2) is 7.30. The average Bonchev–Trinajstić information content (AvgIpc) is 3.05. The van der Waals surface area contributed by atoms with Crippen LogP contribution in [0, 0.1) is 0 Å². The van der Waals surface area contributed by atoms with E-state index >= 15 is 0 Å². The lowest BCUT2D eigenvalue weighted by molar-refractivity contribution is 0.0665. The highest BCUT2D eigenvalue weighted by Gasteiger charge is 2.23. The third-order valence-electron chi connectivity index (χ3n) is 4.00. The molecule has 1 atom stereocenters. The number of nitrogens with zero attached hydrogens (tertiary/aromatic N) is 2. The van der Waals surface area contributed by atoms with Crippen molar-refractivity contribution in [1.82, 2.24) is 9.88 Å². The number of thiophene rings is 1. The topological polar surface area (TPSA) is 53.4 Å². The Bertz CT molecular complexity index is 851. The Morgan fingerprint density at radius 2 is 2.08 bits per heavy atom. The highest BCUT2D eigenvalue weighted by molar-refractivity contribution is 7.20. The minimum atomic E-state index is -0.279. The first-order valence-electron chi connectivity index (χ1n) is 7.55. The molecule has 4 nitrogen and oxygen atoms in total. The van der Waals surface area contributed by atoms with E-state index < -0.39 is 0 Å². The molecular formula is C18H17ClN2O2S. The van der Waals surface area contributed by atoms with Crippen LogP contribution in [0.1, 0.15) is 15.2 Å². The van der Waals surface area contributed by atoms with E-state index in [1.54, 1.807) is 30.4 Å². The lowest BCUT2D eigenvalue weighted by atomic mass is 10.1. The Morgan fingerprint density at radius 3 is 2.75 bits per heavy atom. The number of aliphatic hydroxyl groups excluding tert-OH is 1. The number of rotatable bonds is 5. The van der Waals surface area contributed by atoms with Gasteiger partial charge in [0.25, 0.3) is 5.91 Å². The summed E-state index contributed by atoms with van der Waals surface area (Å²) in [5.74, 6) is -0.123. The molecule has 2 aromatic heterocycles. The first-order valence-corrected chi connectivity index (χ1v) is 8.74. The van der Waals surface area contributed by atoms with E-state index in [2.05, 4.69) is 4.98 Å². The van der Waals surface area contributed by atoms with Crippen LogP contribution >= 0.6 is 22.9 Å². The Labute approximate surface area is 149 Å². The molecular weight excluding hydrogens is 344 g/mol. The number of hydrogen-bond donors (Lipinski definition) is 1. The molecule has 0 bridgehead atoms. The average molecular weight is 361 g/mol. The standard InChI is InChI=1S/C18H17ClN2O2S/c1-21(13(11-22)7-12-5-3-2-4-6-12)18(23)16-8-14-15(19)9-20-10-17(14)24-16/h2-6,8-10,13,22H,7,11H2,1H3. The van der Waals surface area contributed by atoms with Gasteiger partial charge in [0.15, 0.2) is 0 Å². The number of aliphatic hydroxyl groups is 1. The van der Waals surface area contributed by atoms with Crippen LogP contribution in [0.4, 0.5) is 0 Å². The maximum absolute atomic E-state index is 12.8. The third-order valence-corrected chi connectivity index (χ3v) is 5.36. The number of carbonyl (C=O) groups excluding carboxylic acids is 1. The number of carbonyl (C=O) groups is 1. The molecule has 0 aliphatic carbocycles. The Kier molecular flexibility index (Phi) is 5.14. The van der Waals surface area contributed by atoms with Crippen LogP contribution in [0.5, 0.6) is 0 Å². The fourth-order valence-electron chi connectivity index (χ4n) is 2.58. The predicted octanol–water partition coefficient (Wildman–Crippen LogP) is 3.63. The fraction of sp³-hybridized carbons (Fsp3) is 0.222. The summed E-state index contributed by atoms with van der Waals surface area (Å²) in [5, 5.41) is 11.1. The molecule has 0 saturated carbocycles. The summed E-state index contributed by atoms with van der Waals surface area (Å²) in [5.41, 5.74) is 1.08. The van der Waals surface area contributed by atoms with Gasteiger partial charge in [0.1, 0.15) is 0 Å². The van der Waals surface area contributed by atoms with Gasteiger partial charge in [-0.1, -0.05) is 41.9 Å². The summed E-state index contributed by atoms with van der Waals surface area (Å²) in [6.45, 7) is -0.0929. The van der Waals surface area contributed by atoms with Gasteiger partial charge in [0.2, 0.25) is 0 Å².